The predicted octanol–water partition coefficient (Wildman–Crippen LogP) is -2.23. The van der Waals surface area contributed by atoms with E-state index in [0.29, 0.717) is 0 Å². The molecular formula is C3H12ClNO. The molecule has 0 aromatic rings. The summed E-state index contributed by atoms with van der Waals surface area (Å²) in [6.07, 6.45) is -0.167. The zero-order valence-electron chi connectivity index (χ0n) is 4.40. The molecule has 0 amide bonds. The summed E-state index contributed by atoms with van der Waals surface area (Å²) in [5.74, 6) is 0. The molecule has 6 heavy (non-hydrogen) atoms. The second-order valence-corrected chi connectivity index (χ2v) is 1.09. The van der Waals surface area contributed by atoms with Gasteiger partial charge in [0.1, 0.15) is 0 Å². The maximum absolute atomic E-state index is 8.06. The molecule has 0 aliphatic rings. The molecule has 0 spiro atoms. The van der Waals surface area contributed by atoms with Crippen molar-refractivity contribution in [3.8, 4) is 0 Å². The average Bonchev–Trinajstić information content (AvgIpc) is 0.811. The van der Waals surface area contributed by atoms with Crippen molar-refractivity contribution in [2.45, 2.75) is 20.0 Å². The Balaban J connectivity index is -0.0000000450. The Labute approximate surface area is 44.6 Å². The van der Waals surface area contributed by atoms with E-state index < -0.39 is 0 Å². The zero-order chi connectivity index (χ0) is 3.58. The van der Waals surface area contributed by atoms with Gasteiger partial charge in [0.2, 0.25) is 0 Å². The van der Waals surface area contributed by atoms with E-state index in [2.05, 4.69) is 0 Å². The lowest BCUT2D eigenvalue weighted by atomic mass is 10.5. The van der Waals surface area contributed by atoms with E-state index >= 15 is 0 Å². The highest BCUT2D eigenvalue weighted by atomic mass is 35.5. The summed E-state index contributed by atoms with van der Waals surface area (Å²) in [4.78, 5) is 0. The van der Waals surface area contributed by atoms with Crippen LogP contribution in [0.1, 0.15) is 13.8 Å². The van der Waals surface area contributed by atoms with Crippen molar-refractivity contribution in [3.63, 3.8) is 0 Å². The predicted molar refractivity (Wildman–Crippen MR) is 23.3 cm³/mol. The van der Waals surface area contributed by atoms with Gasteiger partial charge in [0.05, 0.1) is 0 Å². The first-order chi connectivity index (χ1) is 1.73. The van der Waals surface area contributed by atoms with Crippen LogP contribution in [0.5, 0.6) is 0 Å². The number of hydrogen-bond donors (Lipinski definition) is 2. The Morgan fingerprint density at radius 1 is 1.33 bits per heavy atom. The van der Waals surface area contributed by atoms with E-state index in [4.69, 9.17) is 5.11 Å². The minimum absolute atomic E-state index is 0. The summed E-state index contributed by atoms with van der Waals surface area (Å²) in [7, 11) is 0. The van der Waals surface area contributed by atoms with Gasteiger partial charge in [-0.3, -0.25) is 0 Å². The lowest BCUT2D eigenvalue weighted by Crippen LogP contribution is -3.00. The van der Waals surface area contributed by atoms with E-state index in [9.17, 15) is 0 Å². The quantitative estimate of drug-likeness (QED) is 0.367. The average molecular weight is 114 g/mol. The Morgan fingerprint density at radius 2 is 1.33 bits per heavy atom. The van der Waals surface area contributed by atoms with Crippen molar-refractivity contribution < 1.29 is 17.5 Å². The molecule has 0 aromatic heterocycles. The van der Waals surface area contributed by atoms with Crippen molar-refractivity contribution in [1.82, 2.24) is 6.15 Å². The smallest absolute Gasteiger partial charge is 0.0483 e. The van der Waals surface area contributed by atoms with Crippen LogP contribution in [-0.2, 0) is 0 Å². The molecule has 42 valence electrons. The fourth-order valence-electron chi connectivity index (χ4n) is 0. The number of quaternary nitrogens is 1. The molecule has 0 saturated heterocycles. The summed E-state index contributed by atoms with van der Waals surface area (Å²) in [6, 6.07) is 0. The molecule has 0 aliphatic heterocycles. The van der Waals surface area contributed by atoms with Gasteiger partial charge in [-0.15, -0.1) is 0 Å². The molecule has 0 saturated carbocycles. The molecule has 0 fully saturated rings. The number of aliphatic hydroxyl groups excluding tert-OH is 1. The third-order valence-electron chi connectivity index (χ3n) is 0. The summed E-state index contributed by atoms with van der Waals surface area (Å²) >= 11 is 0. The molecule has 2 nitrogen and oxygen atoms in total. The first kappa shape index (κ1) is 16.4. The van der Waals surface area contributed by atoms with Crippen molar-refractivity contribution in [3.05, 3.63) is 0 Å². The highest BCUT2D eigenvalue weighted by molar-refractivity contribution is 4.20. The van der Waals surface area contributed by atoms with E-state index in [-0.39, 0.29) is 24.7 Å². The van der Waals surface area contributed by atoms with E-state index in [1.807, 2.05) is 0 Å². The normalized spacial score (nSPS) is 6.00. The summed E-state index contributed by atoms with van der Waals surface area (Å²) in [5, 5.41) is 8.06. The molecule has 0 aliphatic carbocycles. The third kappa shape index (κ3) is 984. The van der Waals surface area contributed by atoms with E-state index in [1.165, 1.54) is 0 Å². The summed E-state index contributed by atoms with van der Waals surface area (Å²) in [6.45, 7) is 3.44. The number of aliphatic hydroxyl groups is 1. The number of halogens is 1. The first-order valence-corrected chi connectivity index (χ1v) is 1.41. The van der Waals surface area contributed by atoms with Crippen molar-refractivity contribution >= 4 is 0 Å². The van der Waals surface area contributed by atoms with Crippen LogP contribution in [0.4, 0.5) is 0 Å². The molecule has 0 rings (SSSR count). The van der Waals surface area contributed by atoms with Gasteiger partial charge in [-0.25, -0.2) is 0 Å². The third-order valence-corrected chi connectivity index (χ3v) is 0. The minimum Gasteiger partial charge on any atom is -1.00 e. The highest BCUT2D eigenvalue weighted by Gasteiger charge is 1.69. The molecule has 0 radical (unpaired) electrons. The monoisotopic (exact) mass is 113 g/mol. The van der Waals surface area contributed by atoms with Gasteiger partial charge in [-0.2, -0.15) is 0 Å². The molecular weight excluding hydrogens is 101 g/mol. The molecule has 0 heterocycles. The van der Waals surface area contributed by atoms with E-state index in [1.54, 1.807) is 13.8 Å². The Morgan fingerprint density at radius 3 is 1.33 bits per heavy atom. The molecule has 0 unspecified atom stereocenters. The lowest BCUT2D eigenvalue weighted by molar-refractivity contribution is -0.00000389. The minimum atomic E-state index is -0.167. The van der Waals surface area contributed by atoms with Gasteiger partial charge in [-0.1, -0.05) is 0 Å². The van der Waals surface area contributed by atoms with Crippen molar-refractivity contribution in [2.24, 2.45) is 0 Å². The zero-order valence-corrected chi connectivity index (χ0v) is 5.16. The standard InChI is InChI=1S/C3H8O.ClH.H3N/c1-3(2)4;;/h3-4H,1-2H3;1H;1H3. The first-order valence-electron chi connectivity index (χ1n) is 1.41. The fraction of sp³-hybridized carbons (Fsp3) is 1.00. The van der Waals surface area contributed by atoms with Gasteiger partial charge in [-0.05, 0) is 13.8 Å². The highest BCUT2D eigenvalue weighted by Crippen LogP contribution is 1.65. The van der Waals surface area contributed by atoms with Crippen molar-refractivity contribution in [1.29, 1.82) is 0 Å². The molecule has 5 N–H and O–H groups in total. The van der Waals surface area contributed by atoms with Gasteiger partial charge >= 0.3 is 0 Å². The SMILES string of the molecule is CC(C)O.[Cl-].[NH4+]. The van der Waals surface area contributed by atoms with Crippen molar-refractivity contribution in [2.75, 3.05) is 0 Å². The van der Waals surface area contributed by atoms with Gasteiger partial charge in [0, 0.05) is 6.10 Å². The van der Waals surface area contributed by atoms with Crippen LogP contribution in [-0.4, -0.2) is 11.2 Å². The molecule has 0 bridgehead atoms. The maximum atomic E-state index is 8.06. The largest absolute Gasteiger partial charge is 1.00 e. The Kier molecular flexibility index (Phi) is 24.4. The molecule has 3 heteroatoms. The van der Waals surface area contributed by atoms with Crippen LogP contribution in [0.3, 0.4) is 0 Å². The van der Waals surface area contributed by atoms with Crippen LogP contribution < -0.4 is 18.6 Å². The topological polar surface area (TPSA) is 56.7 Å². The maximum Gasteiger partial charge on any atom is 0.0483 e. The summed E-state index contributed by atoms with van der Waals surface area (Å²) < 4.78 is 0. The van der Waals surface area contributed by atoms with Crippen LogP contribution in [0.15, 0.2) is 0 Å². The molecule has 0 aromatic carbocycles. The van der Waals surface area contributed by atoms with E-state index in [0.717, 1.165) is 0 Å². The van der Waals surface area contributed by atoms with Crippen LogP contribution in [0, 0.1) is 0 Å². The van der Waals surface area contributed by atoms with Gasteiger partial charge in [0.25, 0.3) is 0 Å². The number of hydrogen-bond acceptors (Lipinski definition) is 1. The van der Waals surface area contributed by atoms with Crippen LogP contribution in [0.25, 0.3) is 0 Å². The Bertz CT molecular complexity index is 15.5. The second-order valence-electron chi connectivity index (χ2n) is 1.09. The van der Waals surface area contributed by atoms with Gasteiger partial charge in [0.15, 0.2) is 0 Å². The lowest BCUT2D eigenvalue weighted by Gasteiger charge is -1.80. The van der Waals surface area contributed by atoms with Gasteiger partial charge < -0.3 is 23.7 Å². The Hall–Kier alpha value is 0.210. The second kappa shape index (κ2) is 8.96. The summed E-state index contributed by atoms with van der Waals surface area (Å²) in [5.41, 5.74) is 0. The number of rotatable bonds is 0. The fourth-order valence-corrected chi connectivity index (χ4v) is 0. The van der Waals surface area contributed by atoms with Crippen LogP contribution in [0.2, 0.25) is 0 Å². The molecule has 0 atom stereocenters. The van der Waals surface area contributed by atoms with Crippen LogP contribution >= 0.6 is 0 Å².